The van der Waals surface area contributed by atoms with Crippen molar-refractivity contribution in [3.05, 3.63) is 29.8 Å². The van der Waals surface area contributed by atoms with E-state index in [2.05, 4.69) is 36.2 Å². The van der Waals surface area contributed by atoms with E-state index in [0.29, 0.717) is 19.0 Å². The molecule has 0 fully saturated rings. The van der Waals surface area contributed by atoms with Gasteiger partial charge in [0, 0.05) is 12.0 Å². The number of thioether (sulfide) groups is 1. The largest absolute Gasteiger partial charge is 0.387 e. The van der Waals surface area contributed by atoms with Gasteiger partial charge in [-0.15, -0.1) is 11.8 Å². The molecule has 0 bridgehead atoms. The number of aliphatic imine (C=N–C) groups is 1. The molecule has 0 aliphatic heterocycles. The highest BCUT2D eigenvalue weighted by Crippen LogP contribution is 2.17. The molecule has 3 nitrogen and oxygen atoms in total. The van der Waals surface area contributed by atoms with E-state index in [-0.39, 0.29) is 0 Å². The summed E-state index contributed by atoms with van der Waals surface area (Å²) in [5.74, 6) is 1.40. The van der Waals surface area contributed by atoms with E-state index in [1.165, 1.54) is 10.5 Å². The molecule has 0 spiro atoms. The van der Waals surface area contributed by atoms with Gasteiger partial charge in [0.25, 0.3) is 0 Å². The number of nitrogens with two attached hydrogens (primary N) is 1. The number of rotatable bonds is 6. The zero-order valence-electron chi connectivity index (χ0n) is 9.77. The van der Waals surface area contributed by atoms with Crippen LogP contribution < -0.4 is 5.73 Å². The molecule has 0 radical (unpaired) electrons. The first-order valence-electron chi connectivity index (χ1n) is 5.19. The maximum atomic E-state index is 5.77. The summed E-state index contributed by atoms with van der Waals surface area (Å²) in [7, 11) is 1.66. The number of methoxy groups -OCH3 is 1. The molecule has 0 saturated heterocycles. The van der Waals surface area contributed by atoms with Crippen LogP contribution in [-0.2, 0) is 4.74 Å². The fourth-order valence-electron chi connectivity index (χ4n) is 1.12. The second-order valence-corrected chi connectivity index (χ2v) is 4.52. The predicted octanol–water partition coefficient (Wildman–Crippen LogP) is 2.09. The molecule has 0 aromatic heterocycles. The molecule has 16 heavy (non-hydrogen) atoms. The third-order valence-electron chi connectivity index (χ3n) is 2.02. The first-order valence-corrected chi connectivity index (χ1v) is 6.18. The summed E-state index contributed by atoms with van der Waals surface area (Å²) in [5, 5.41) is 0. The summed E-state index contributed by atoms with van der Waals surface area (Å²) < 4.78 is 4.90. The van der Waals surface area contributed by atoms with Crippen LogP contribution in [0.2, 0.25) is 0 Å². The van der Waals surface area contributed by atoms with E-state index < -0.39 is 0 Å². The Morgan fingerprint density at radius 3 is 2.69 bits per heavy atom. The Bertz CT molecular complexity index is 335. The monoisotopic (exact) mass is 238 g/mol. The van der Waals surface area contributed by atoms with Crippen molar-refractivity contribution < 1.29 is 4.74 Å². The fraction of sp³-hybridized carbons (Fsp3) is 0.417. The van der Waals surface area contributed by atoms with Crippen LogP contribution in [-0.4, -0.2) is 31.8 Å². The summed E-state index contributed by atoms with van der Waals surface area (Å²) in [6.07, 6.45) is 0. The molecule has 0 amide bonds. The summed E-state index contributed by atoms with van der Waals surface area (Å²) >= 11 is 1.70. The fourth-order valence-corrected chi connectivity index (χ4v) is 1.85. The van der Waals surface area contributed by atoms with Crippen LogP contribution in [0.1, 0.15) is 5.56 Å². The lowest BCUT2D eigenvalue weighted by molar-refractivity contribution is 0.208. The van der Waals surface area contributed by atoms with Gasteiger partial charge in [0.1, 0.15) is 5.84 Å². The Labute approximate surface area is 101 Å². The Kier molecular flexibility index (Phi) is 5.96. The maximum Gasteiger partial charge on any atom is 0.104 e. The van der Waals surface area contributed by atoms with Gasteiger partial charge in [-0.05, 0) is 19.1 Å². The van der Waals surface area contributed by atoms with Crippen molar-refractivity contribution >= 4 is 17.6 Å². The Morgan fingerprint density at radius 2 is 2.06 bits per heavy atom. The third kappa shape index (κ3) is 5.19. The van der Waals surface area contributed by atoms with E-state index in [4.69, 9.17) is 10.5 Å². The molecular formula is C12H18N2OS. The van der Waals surface area contributed by atoms with Crippen LogP contribution in [0.15, 0.2) is 34.2 Å². The standard InChI is InChI=1S/C12H18N2OS/c1-10-3-5-11(6-4-10)16-9-12(13)14-7-8-15-2/h3-6H,7-9H2,1-2H3,(H2,13,14). The van der Waals surface area contributed by atoms with Crippen LogP contribution in [0.5, 0.6) is 0 Å². The summed E-state index contributed by atoms with van der Waals surface area (Å²) in [5.41, 5.74) is 7.04. The normalized spacial score (nSPS) is 11.8. The molecule has 1 aromatic rings. The summed E-state index contributed by atoms with van der Waals surface area (Å²) in [6.45, 7) is 3.34. The molecule has 4 heteroatoms. The number of benzene rings is 1. The lowest BCUT2D eigenvalue weighted by atomic mass is 10.2. The van der Waals surface area contributed by atoms with Gasteiger partial charge in [0.2, 0.25) is 0 Å². The Morgan fingerprint density at radius 1 is 1.38 bits per heavy atom. The topological polar surface area (TPSA) is 47.6 Å². The second kappa shape index (κ2) is 7.30. The molecule has 2 N–H and O–H groups in total. The lowest BCUT2D eigenvalue weighted by Crippen LogP contribution is -2.16. The second-order valence-electron chi connectivity index (χ2n) is 3.47. The molecule has 0 unspecified atom stereocenters. The van der Waals surface area contributed by atoms with Gasteiger partial charge in [-0.1, -0.05) is 17.7 Å². The van der Waals surface area contributed by atoms with Crippen molar-refractivity contribution in [2.24, 2.45) is 10.7 Å². The number of amidine groups is 1. The quantitative estimate of drug-likeness (QED) is 0.357. The van der Waals surface area contributed by atoms with Crippen molar-refractivity contribution in [3.8, 4) is 0 Å². The lowest BCUT2D eigenvalue weighted by Gasteiger charge is -2.02. The van der Waals surface area contributed by atoms with Crippen LogP contribution >= 0.6 is 11.8 Å². The van der Waals surface area contributed by atoms with Gasteiger partial charge in [-0.3, -0.25) is 4.99 Å². The molecule has 0 aliphatic carbocycles. The number of hydrogen-bond donors (Lipinski definition) is 1. The number of ether oxygens (including phenoxy) is 1. The van der Waals surface area contributed by atoms with E-state index in [9.17, 15) is 0 Å². The molecule has 0 aliphatic rings. The zero-order chi connectivity index (χ0) is 11.8. The molecule has 0 atom stereocenters. The minimum Gasteiger partial charge on any atom is -0.387 e. The van der Waals surface area contributed by atoms with Crippen molar-refractivity contribution in [2.45, 2.75) is 11.8 Å². The highest BCUT2D eigenvalue weighted by molar-refractivity contribution is 8.00. The Balaban J connectivity index is 2.33. The summed E-state index contributed by atoms with van der Waals surface area (Å²) in [6, 6.07) is 8.39. The van der Waals surface area contributed by atoms with Gasteiger partial charge in [-0.25, -0.2) is 0 Å². The molecule has 0 heterocycles. The highest BCUT2D eigenvalue weighted by Gasteiger charge is 1.96. The molecule has 1 rings (SSSR count). The molecule has 1 aromatic carbocycles. The number of hydrogen-bond acceptors (Lipinski definition) is 3. The van der Waals surface area contributed by atoms with E-state index >= 15 is 0 Å². The third-order valence-corrected chi connectivity index (χ3v) is 3.06. The van der Waals surface area contributed by atoms with E-state index in [0.717, 1.165) is 5.75 Å². The van der Waals surface area contributed by atoms with Crippen LogP contribution in [0.3, 0.4) is 0 Å². The van der Waals surface area contributed by atoms with Crippen molar-refractivity contribution in [2.75, 3.05) is 26.0 Å². The smallest absolute Gasteiger partial charge is 0.104 e. The molecule has 0 saturated carbocycles. The number of aryl methyl sites for hydroxylation is 1. The summed E-state index contributed by atoms with van der Waals surface area (Å²) in [4.78, 5) is 5.41. The first kappa shape index (κ1) is 13.1. The average molecular weight is 238 g/mol. The van der Waals surface area contributed by atoms with Crippen molar-refractivity contribution in [1.29, 1.82) is 0 Å². The Hall–Kier alpha value is -1.00. The van der Waals surface area contributed by atoms with Gasteiger partial charge in [0.05, 0.1) is 18.9 Å². The van der Waals surface area contributed by atoms with Crippen LogP contribution in [0.4, 0.5) is 0 Å². The molecule has 88 valence electrons. The van der Waals surface area contributed by atoms with Gasteiger partial charge in [-0.2, -0.15) is 0 Å². The van der Waals surface area contributed by atoms with Crippen molar-refractivity contribution in [1.82, 2.24) is 0 Å². The minimum atomic E-state index is 0.621. The van der Waals surface area contributed by atoms with E-state index in [1.54, 1.807) is 18.9 Å². The minimum absolute atomic E-state index is 0.621. The van der Waals surface area contributed by atoms with Crippen molar-refractivity contribution in [3.63, 3.8) is 0 Å². The average Bonchev–Trinajstić information content (AvgIpc) is 2.29. The highest BCUT2D eigenvalue weighted by atomic mass is 32.2. The molecular weight excluding hydrogens is 220 g/mol. The maximum absolute atomic E-state index is 5.77. The first-order chi connectivity index (χ1) is 7.72. The van der Waals surface area contributed by atoms with E-state index in [1.807, 2.05) is 0 Å². The SMILES string of the molecule is COCCN=C(N)CSc1ccc(C)cc1. The number of nitrogens with zero attached hydrogens (tertiary/aromatic N) is 1. The predicted molar refractivity (Wildman–Crippen MR) is 70.3 cm³/mol. The van der Waals surface area contributed by atoms with Crippen LogP contribution in [0, 0.1) is 6.92 Å². The zero-order valence-corrected chi connectivity index (χ0v) is 10.6. The van der Waals surface area contributed by atoms with Gasteiger partial charge < -0.3 is 10.5 Å². The van der Waals surface area contributed by atoms with Crippen LogP contribution in [0.25, 0.3) is 0 Å². The van der Waals surface area contributed by atoms with Gasteiger partial charge in [0.15, 0.2) is 0 Å². The van der Waals surface area contributed by atoms with Gasteiger partial charge >= 0.3 is 0 Å².